The van der Waals surface area contributed by atoms with Crippen LogP contribution >= 0.6 is 0 Å². The molecule has 1 saturated heterocycles. The highest BCUT2D eigenvalue weighted by atomic mass is 19.1. The summed E-state index contributed by atoms with van der Waals surface area (Å²) in [6, 6.07) is 11.4. The molecule has 0 atom stereocenters. The third kappa shape index (κ3) is 4.37. The number of fused-ring (bicyclic) bond motifs is 1. The third-order valence-electron chi connectivity index (χ3n) is 6.02. The van der Waals surface area contributed by atoms with Crippen LogP contribution in [0.3, 0.4) is 0 Å². The number of hydrogen-bond donors (Lipinski definition) is 0. The molecule has 0 saturated carbocycles. The number of nitrogens with zero attached hydrogens (tertiary/aromatic N) is 7. The summed E-state index contributed by atoms with van der Waals surface area (Å²) in [6.07, 6.45) is 4.88. The van der Waals surface area contributed by atoms with Gasteiger partial charge in [0.05, 0.1) is 29.3 Å². The zero-order chi connectivity index (χ0) is 23.5. The van der Waals surface area contributed by atoms with E-state index in [1.165, 1.54) is 25.0 Å². The van der Waals surface area contributed by atoms with E-state index >= 15 is 0 Å². The summed E-state index contributed by atoms with van der Waals surface area (Å²) in [4.78, 5) is 18.8. The van der Waals surface area contributed by atoms with Crippen molar-refractivity contribution in [2.24, 2.45) is 0 Å². The van der Waals surface area contributed by atoms with Crippen LogP contribution in [0.5, 0.6) is 0 Å². The molecule has 9 nitrogen and oxygen atoms in total. The molecule has 1 fully saturated rings. The smallest absolute Gasteiger partial charge is 0.261 e. The summed E-state index contributed by atoms with van der Waals surface area (Å²) >= 11 is 0. The van der Waals surface area contributed by atoms with E-state index in [2.05, 4.69) is 20.5 Å². The lowest BCUT2D eigenvalue weighted by Gasteiger charge is -2.20. The van der Waals surface area contributed by atoms with Gasteiger partial charge in [0.2, 0.25) is 11.7 Å². The first-order valence-corrected chi connectivity index (χ1v) is 11.3. The normalized spacial score (nSPS) is 14.2. The van der Waals surface area contributed by atoms with Gasteiger partial charge < -0.3 is 9.42 Å². The largest absolute Gasteiger partial charge is 0.343 e. The van der Waals surface area contributed by atoms with Gasteiger partial charge >= 0.3 is 0 Å². The number of rotatable bonds is 5. The zero-order valence-electron chi connectivity index (χ0n) is 18.4. The molecule has 3 heterocycles. The molecule has 34 heavy (non-hydrogen) atoms. The fraction of sp³-hybridized carbons (Fsp3) is 0.333. The number of aromatic nitrogens is 5. The number of aryl methyl sites for hydroxylation is 1. The van der Waals surface area contributed by atoms with E-state index in [1.54, 1.807) is 10.7 Å². The Kier molecular flexibility index (Phi) is 5.99. The molecule has 0 aliphatic carbocycles. The second kappa shape index (κ2) is 9.39. The number of carbonyl (C=O) groups is 1. The monoisotopic (exact) mass is 459 g/mol. The number of likely N-dealkylation sites (tertiary alicyclic amines) is 1. The van der Waals surface area contributed by atoms with Crippen molar-refractivity contribution in [1.29, 1.82) is 5.26 Å². The van der Waals surface area contributed by atoms with Crippen LogP contribution in [-0.4, -0.2) is 49.0 Å². The van der Waals surface area contributed by atoms with E-state index in [0.29, 0.717) is 24.0 Å². The van der Waals surface area contributed by atoms with Crippen molar-refractivity contribution in [1.82, 2.24) is 30.0 Å². The van der Waals surface area contributed by atoms with Gasteiger partial charge in [0.25, 0.3) is 5.89 Å². The molecule has 0 N–H and O–H groups in total. The molecular formula is C24H22FN7O2. The Hall–Kier alpha value is -4.13. The van der Waals surface area contributed by atoms with Gasteiger partial charge in [0, 0.05) is 25.1 Å². The Labute approximate surface area is 194 Å². The molecule has 1 aliphatic rings. The van der Waals surface area contributed by atoms with Crippen molar-refractivity contribution in [3.63, 3.8) is 0 Å². The van der Waals surface area contributed by atoms with Gasteiger partial charge in [-0.2, -0.15) is 10.2 Å². The molecule has 2 aromatic heterocycles. The van der Waals surface area contributed by atoms with Crippen molar-refractivity contribution in [3.8, 4) is 28.9 Å². The highest BCUT2D eigenvalue weighted by Crippen LogP contribution is 2.26. The van der Waals surface area contributed by atoms with Crippen molar-refractivity contribution >= 4 is 16.9 Å². The summed E-state index contributed by atoms with van der Waals surface area (Å²) in [5.41, 5.74) is 2.41. The minimum atomic E-state index is -0.609. The van der Waals surface area contributed by atoms with Gasteiger partial charge in [-0.3, -0.25) is 4.79 Å². The van der Waals surface area contributed by atoms with Crippen LogP contribution < -0.4 is 0 Å². The predicted octanol–water partition coefficient (Wildman–Crippen LogP) is 3.95. The van der Waals surface area contributed by atoms with Gasteiger partial charge in [-0.1, -0.05) is 23.2 Å². The van der Waals surface area contributed by atoms with Crippen LogP contribution in [-0.2, 0) is 11.3 Å². The third-order valence-corrected chi connectivity index (χ3v) is 6.02. The molecular weight excluding hydrogens is 437 g/mol. The average Bonchev–Trinajstić information content (AvgIpc) is 3.41. The average molecular weight is 459 g/mol. The maximum absolute atomic E-state index is 14.3. The minimum Gasteiger partial charge on any atom is -0.343 e. The van der Waals surface area contributed by atoms with E-state index < -0.39 is 5.82 Å². The van der Waals surface area contributed by atoms with Crippen LogP contribution in [0.4, 0.5) is 4.39 Å². The lowest BCUT2D eigenvalue weighted by Crippen LogP contribution is -2.32. The Balaban J connectivity index is 1.31. The first-order chi connectivity index (χ1) is 16.6. The lowest BCUT2D eigenvalue weighted by molar-refractivity contribution is -0.131. The molecule has 0 unspecified atom stereocenters. The Bertz CT molecular complexity index is 1380. The lowest BCUT2D eigenvalue weighted by atomic mass is 10.1. The topological polar surface area (TPSA) is 114 Å². The molecule has 0 bridgehead atoms. The Morgan fingerprint density at radius 3 is 2.71 bits per heavy atom. The first-order valence-electron chi connectivity index (χ1n) is 11.3. The molecule has 2 aromatic carbocycles. The van der Waals surface area contributed by atoms with Gasteiger partial charge in [0.15, 0.2) is 0 Å². The fourth-order valence-electron chi connectivity index (χ4n) is 4.16. The molecule has 0 radical (unpaired) electrons. The Morgan fingerprint density at radius 2 is 1.94 bits per heavy atom. The standard InChI is InChI=1S/C24H22FN7O2/c25-19-13-16(15-26)5-7-18(19)24-27-23(29-34-24)17-6-8-21-20(14-17)28-30-32(21)12-9-22(33)31-10-3-1-2-4-11-31/h5-8,13-14H,1-4,9-12H2. The summed E-state index contributed by atoms with van der Waals surface area (Å²) in [6.45, 7) is 2.12. The number of carbonyl (C=O) groups excluding carboxylic acids is 1. The zero-order valence-corrected chi connectivity index (χ0v) is 18.4. The molecule has 10 heteroatoms. The van der Waals surface area contributed by atoms with Gasteiger partial charge in [-0.05, 0) is 49.2 Å². The minimum absolute atomic E-state index is 0.0211. The van der Waals surface area contributed by atoms with Crippen molar-refractivity contribution in [3.05, 3.63) is 47.8 Å². The van der Waals surface area contributed by atoms with Gasteiger partial charge in [-0.25, -0.2) is 9.07 Å². The predicted molar refractivity (Wildman–Crippen MR) is 121 cm³/mol. The van der Waals surface area contributed by atoms with Crippen LogP contribution in [0.25, 0.3) is 33.9 Å². The summed E-state index contributed by atoms with van der Waals surface area (Å²) in [7, 11) is 0. The molecule has 4 aromatic rings. The second-order valence-electron chi connectivity index (χ2n) is 8.29. The van der Waals surface area contributed by atoms with Crippen LogP contribution in [0, 0.1) is 17.1 Å². The number of benzene rings is 2. The highest BCUT2D eigenvalue weighted by Gasteiger charge is 2.18. The van der Waals surface area contributed by atoms with Crippen molar-refractivity contribution in [2.75, 3.05) is 13.1 Å². The van der Waals surface area contributed by atoms with Crippen LogP contribution in [0.2, 0.25) is 0 Å². The number of nitriles is 1. The van der Waals surface area contributed by atoms with Crippen molar-refractivity contribution < 1.29 is 13.7 Å². The molecule has 1 amide bonds. The maximum Gasteiger partial charge on any atom is 0.261 e. The molecule has 5 rings (SSSR count). The fourth-order valence-corrected chi connectivity index (χ4v) is 4.16. The van der Waals surface area contributed by atoms with Gasteiger partial charge in [0.1, 0.15) is 11.3 Å². The summed E-state index contributed by atoms with van der Waals surface area (Å²) in [5, 5.41) is 21.3. The van der Waals surface area contributed by atoms with E-state index in [4.69, 9.17) is 9.78 Å². The van der Waals surface area contributed by atoms with E-state index in [1.807, 2.05) is 23.1 Å². The van der Waals surface area contributed by atoms with E-state index in [-0.39, 0.29) is 28.7 Å². The van der Waals surface area contributed by atoms with Crippen LogP contribution in [0.15, 0.2) is 40.9 Å². The van der Waals surface area contributed by atoms with Gasteiger partial charge in [-0.15, -0.1) is 5.10 Å². The number of halogens is 1. The molecule has 1 aliphatic heterocycles. The number of hydrogen-bond acceptors (Lipinski definition) is 7. The van der Waals surface area contributed by atoms with E-state index in [0.717, 1.165) is 37.5 Å². The summed E-state index contributed by atoms with van der Waals surface area (Å²) < 4.78 is 21.3. The van der Waals surface area contributed by atoms with Crippen molar-refractivity contribution in [2.45, 2.75) is 38.6 Å². The quantitative estimate of drug-likeness (QED) is 0.444. The maximum atomic E-state index is 14.3. The number of amides is 1. The molecule has 172 valence electrons. The SMILES string of the molecule is N#Cc1ccc(-c2nc(-c3ccc4c(c3)nnn4CCC(=O)N3CCCCCC3)no2)c(F)c1. The second-order valence-corrected chi connectivity index (χ2v) is 8.29. The first kappa shape index (κ1) is 21.7. The summed E-state index contributed by atoms with van der Waals surface area (Å²) in [5.74, 6) is -0.154. The van der Waals surface area contributed by atoms with E-state index in [9.17, 15) is 9.18 Å². The highest BCUT2D eigenvalue weighted by molar-refractivity contribution is 5.80. The van der Waals surface area contributed by atoms with Crippen LogP contribution in [0.1, 0.15) is 37.7 Å². The Morgan fingerprint density at radius 1 is 1.12 bits per heavy atom. The molecule has 0 spiro atoms.